The maximum absolute atomic E-state index is 9.44. The molecule has 0 radical (unpaired) electrons. The van der Waals surface area contributed by atoms with Crippen molar-refractivity contribution in [2.75, 3.05) is 11.1 Å². The van der Waals surface area contributed by atoms with E-state index in [9.17, 15) is 5.26 Å². The Morgan fingerprint density at radius 2 is 2.00 bits per heavy atom. The van der Waals surface area contributed by atoms with E-state index in [1.165, 1.54) is 25.7 Å². The van der Waals surface area contributed by atoms with Crippen LogP contribution in [0.25, 0.3) is 0 Å². The molecule has 3 rings (SSSR count). The number of nitrogens with zero attached hydrogens (tertiary/aromatic N) is 1. The maximum atomic E-state index is 9.44. The maximum Gasteiger partial charge on any atom is 0.102 e. The number of hydrogen-bond donors (Lipinski definition) is 1. The van der Waals surface area contributed by atoms with Gasteiger partial charge in [0.15, 0.2) is 0 Å². The second-order valence-corrected chi connectivity index (χ2v) is 6.87. The topological polar surface area (TPSA) is 35.8 Å². The van der Waals surface area contributed by atoms with Gasteiger partial charge in [-0.2, -0.15) is 5.26 Å². The van der Waals surface area contributed by atoms with E-state index in [2.05, 4.69) is 36.5 Å². The van der Waals surface area contributed by atoms with Gasteiger partial charge in [-0.25, -0.2) is 0 Å². The number of rotatable bonds is 6. The molecule has 0 spiro atoms. The van der Waals surface area contributed by atoms with E-state index in [0.717, 1.165) is 33.7 Å². The molecule has 0 atom stereocenters. The highest BCUT2D eigenvalue weighted by atomic mass is 32.2. The van der Waals surface area contributed by atoms with Gasteiger partial charge in [0.1, 0.15) is 6.07 Å². The van der Waals surface area contributed by atoms with Crippen LogP contribution >= 0.6 is 11.8 Å². The third kappa shape index (κ3) is 2.90. The smallest absolute Gasteiger partial charge is 0.102 e. The predicted octanol–water partition coefficient (Wildman–Crippen LogP) is 4.27. The highest BCUT2D eigenvalue weighted by Crippen LogP contribution is 2.46. The molecule has 1 N–H and O–H groups in total. The number of nitrogens with one attached hydrogen (secondary N) is 1. The van der Waals surface area contributed by atoms with Crippen LogP contribution < -0.4 is 5.32 Å². The van der Waals surface area contributed by atoms with Crippen LogP contribution in [0.3, 0.4) is 0 Å². The molecule has 0 bridgehead atoms. The molecule has 2 saturated carbocycles. The van der Waals surface area contributed by atoms with Crippen LogP contribution in [0.1, 0.15) is 38.2 Å². The molecule has 0 amide bonds. The van der Waals surface area contributed by atoms with Crippen LogP contribution in [0.4, 0.5) is 5.69 Å². The van der Waals surface area contributed by atoms with Gasteiger partial charge >= 0.3 is 0 Å². The van der Waals surface area contributed by atoms with Crippen LogP contribution in [-0.2, 0) is 0 Å². The lowest BCUT2D eigenvalue weighted by Crippen LogP contribution is -2.24. The quantitative estimate of drug-likeness (QED) is 0.785. The molecule has 2 nitrogen and oxygen atoms in total. The van der Waals surface area contributed by atoms with Gasteiger partial charge in [0, 0.05) is 10.9 Å². The standard InChI is InChI=1S/C16H20N2S/c1-2-19-15-5-3-4-14(13(15)10-17)18-16(11-6-7-11)12-8-9-12/h3-5,11-12,16,18H,2,6-9H2,1H3. The Kier molecular flexibility index (Phi) is 3.70. The fraction of sp³-hybridized carbons (Fsp3) is 0.562. The molecule has 3 heteroatoms. The van der Waals surface area contributed by atoms with Gasteiger partial charge in [-0.3, -0.25) is 0 Å². The van der Waals surface area contributed by atoms with Gasteiger partial charge in [0.05, 0.1) is 11.3 Å². The predicted molar refractivity (Wildman–Crippen MR) is 80.4 cm³/mol. The zero-order chi connectivity index (χ0) is 13.2. The average molecular weight is 272 g/mol. The van der Waals surface area contributed by atoms with E-state index >= 15 is 0 Å². The summed E-state index contributed by atoms with van der Waals surface area (Å²) < 4.78 is 0. The van der Waals surface area contributed by atoms with E-state index in [1.54, 1.807) is 11.8 Å². The zero-order valence-electron chi connectivity index (χ0n) is 11.4. The Hall–Kier alpha value is -1.14. The van der Waals surface area contributed by atoms with Gasteiger partial charge in [0.25, 0.3) is 0 Å². The van der Waals surface area contributed by atoms with Crippen molar-refractivity contribution in [3.05, 3.63) is 23.8 Å². The highest BCUT2D eigenvalue weighted by Gasteiger charge is 2.41. The lowest BCUT2D eigenvalue weighted by Gasteiger charge is -2.20. The first-order chi connectivity index (χ1) is 9.33. The van der Waals surface area contributed by atoms with Crippen molar-refractivity contribution in [1.82, 2.24) is 0 Å². The average Bonchev–Trinajstić information content (AvgIpc) is 3.29. The van der Waals surface area contributed by atoms with Gasteiger partial charge in [-0.15, -0.1) is 11.8 Å². The lowest BCUT2D eigenvalue weighted by atomic mass is 10.1. The van der Waals surface area contributed by atoms with Gasteiger partial charge in [-0.1, -0.05) is 13.0 Å². The molecule has 0 saturated heterocycles. The highest BCUT2D eigenvalue weighted by molar-refractivity contribution is 7.99. The second kappa shape index (κ2) is 5.46. The van der Waals surface area contributed by atoms with Crippen molar-refractivity contribution in [3.8, 4) is 6.07 Å². The summed E-state index contributed by atoms with van der Waals surface area (Å²) in [5, 5.41) is 13.1. The minimum Gasteiger partial charge on any atom is -0.381 e. The number of anilines is 1. The molecule has 100 valence electrons. The van der Waals surface area contributed by atoms with E-state index in [0.29, 0.717) is 6.04 Å². The summed E-state index contributed by atoms with van der Waals surface area (Å²) in [5.74, 6) is 2.70. The Labute approximate surface area is 119 Å². The van der Waals surface area contributed by atoms with Crippen molar-refractivity contribution in [2.45, 2.75) is 43.5 Å². The monoisotopic (exact) mass is 272 g/mol. The Bertz CT molecular complexity index is 486. The van der Waals surface area contributed by atoms with Crippen molar-refractivity contribution in [1.29, 1.82) is 5.26 Å². The van der Waals surface area contributed by atoms with E-state index in [4.69, 9.17) is 0 Å². The Balaban J connectivity index is 1.82. The molecule has 2 aliphatic carbocycles. The first-order valence-corrected chi connectivity index (χ1v) is 8.24. The molecule has 0 unspecified atom stereocenters. The van der Waals surface area contributed by atoms with E-state index < -0.39 is 0 Å². The van der Waals surface area contributed by atoms with Crippen LogP contribution in [0.2, 0.25) is 0 Å². The summed E-state index contributed by atoms with van der Waals surface area (Å²) in [4.78, 5) is 1.11. The molecule has 1 aromatic carbocycles. The lowest BCUT2D eigenvalue weighted by molar-refractivity contribution is 0.567. The number of hydrogen-bond acceptors (Lipinski definition) is 3. The van der Waals surface area contributed by atoms with Crippen LogP contribution in [-0.4, -0.2) is 11.8 Å². The van der Waals surface area contributed by atoms with Crippen LogP contribution in [0.15, 0.2) is 23.1 Å². The van der Waals surface area contributed by atoms with Crippen molar-refractivity contribution in [3.63, 3.8) is 0 Å². The first-order valence-electron chi connectivity index (χ1n) is 7.26. The molecule has 0 aromatic heterocycles. The third-order valence-electron chi connectivity index (χ3n) is 4.02. The third-order valence-corrected chi connectivity index (χ3v) is 4.96. The fourth-order valence-corrected chi connectivity index (χ4v) is 3.54. The number of nitriles is 1. The molecule has 19 heavy (non-hydrogen) atoms. The minimum absolute atomic E-state index is 0.606. The Morgan fingerprint density at radius 1 is 1.32 bits per heavy atom. The molecule has 2 aliphatic rings. The van der Waals surface area contributed by atoms with E-state index in [-0.39, 0.29) is 0 Å². The van der Waals surface area contributed by atoms with Gasteiger partial charge in [-0.05, 0) is 55.4 Å². The summed E-state index contributed by atoms with van der Waals surface area (Å²) >= 11 is 1.75. The fourth-order valence-electron chi connectivity index (χ4n) is 2.75. The molecule has 0 heterocycles. The minimum atomic E-state index is 0.606. The van der Waals surface area contributed by atoms with Crippen molar-refractivity contribution < 1.29 is 0 Å². The number of benzene rings is 1. The van der Waals surface area contributed by atoms with Crippen LogP contribution in [0.5, 0.6) is 0 Å². The zero-order valence-corrected chi connectivity index (χ0v) is 12.2. The van der Waals surface area contributed by atoms with Crippen LogP contribution in [0, 0.1) is 23.2 Å². The molecule has 0 aliphatic heterocycles. The summed E-state index contributed by atoms with van der Waals surface area (Å²) in [6, 6.07) is 9.18. The largest absolute Gasteiger partial charge is 0.381 e. The van der Waals surface area contributed by atoms with Gasteiger partial charge < -0.3 is 5.32 Å². The summed E-state index contributed by atoms with van der Waals surface area (Å²) in [6.07, 6.45) is 5.44. The van der Waals surface area contributed by atoms with Gasteiger partial charge in [0.2, 0.25) is 0 Å². The van der Waals surface area contributed by atoms with Crippen molar-refractivity contribution >= 4 is 17.4 Å². The molecular weight excluding hydrogens is 252 g/mol. The number of thioether (sulfide) groups is 1. The van der Waals surface area contributed by atoms with Crippen molar-refractivity contribution in [2.24, 2.45) is 11.8 Å². The summed E-state index contributed by atoms with van der Waals surface area (Å²) in [5.41, 5.74) is 1.88. The second-order valence-electron chi connectivity index (χ2n) is 5.57. The Morgan fingerprint density at radius 3 is 2.53 bits per heavy atom. The first kappa shape index (κ1) is 12.9. The SMILES string of the molecule is CCSc1cccc(NC(C2CC2)C2CC2)c1C#N. The molecular formula is C16H20N2S. The van der Waals surface area contributed by atoms with E-state index in [1.807, 2.05) is 0 Å². The molecule has 1 aromatic rings. The summed E-state index contributed by atoms with van der Waals surface area (Å²) in [6.45, 7) is 2.13. The normalized spacial score (nSPS) is 18.4. The summed E-state index contributed by atoms with van der Waals surface area (Å²) in [7, 11) is 0. The molecule has 2 fully saturated rings.